The number of aromatic nitrogens is 2. The van der Waals surface area contributed by atoms with Gasteiger partial charge in [-0.05, 0) is 11.4 Å². The molecule has 0 spiro atoms. The van der Waals surface area contributed by atoms with Crippen LogP contribution < -0.4 is 0 Å². The van der Waals surface area contributed by atoms with Crippen molar-refractivity contribution in [3.8, 4) is 10.6 Å². The summed E-state index contributed by atoms with van der Waals surface area (Å²) < 4.78 is 0. The van der Waals surface area contributed by atoms with Crippen molar-refractivity contribution in [1.82, 2.24) is 24.9 Å². The lowest BCUT2D eigenvalue weighted by molar-refractivity contribution is 0.120. The van der Waals surface area contributed by atoms with Crippen LogP contribution in [0, 0.1) is 0 Å². The standard InChI is InChI=1S/C15H21N5OS/c1-18(2)15(21)20-7-5-19(6-8-20)11-12-10-16-17-14(12)13-4-3-9-22-13/h3-4,9-10H,5-8,11H2,1-2H3,(H,16,17). The summed E-state index contributed by atoms with van der Waals surface area (Å²) in [4.78, 5) is 19.1. The van der Waals surface area contributed by atoms with Crippen molar-refractivity contribution in [2.45, 2.75) is 6.54 Å². The number of nitrogens with zero attached hydrogens (tertiary/aromatic N) is 4. The van der Waals surface area contributed by atoms with Crippen LogP contribution in [-0.2, 0) is 6.54 Å². The molecule has 0 atom stereocenters. The zero-order valence-electron chi connectivity index (χ0n) is 13.0. The van der Waals surface area contributed by atoms with E-state index in [-0.39, 0.29) is 6.03 Å². The molecule has 1 N–H and O–H groups in total. The van der Waals surface area contributed by atoms with Crippen molar-refractivity contribution >= 4 is 17.4 Å². The van der Waals surface area contributed by atoms with E-state index in [1.807, 2.05) is 11.1 Å². The fourth-order valence-corrected chi connectivity index (χ4v) is 3.44. The number of hydrogen-bond acceptors (Lipinski definition) is 4. The molecule has 2 aromatic heterocycles. The largest absolute Gasteiger partial charge is 0.331 e. The van der Waals surface area contributed by atoms with Gasteiger partial charge in [-0.2, -0.15) is 5.10 Å². The number of H-pyrrole nitrogens is 1. The molecule has 0 bridgehead atoms. The number of hydrogen-bond donors (Lipinski definition) is 1. The summed E-state index contributed by atoms with van der Waals surface area (Å²) in [5.74, 6) is 0. The number of amides is 2. The lowest BCUT2D eigenvalue weighted by atomic mass is 10.2. The number of aromatic amines is 1. The topological polar surface area (TPSA) is 55.5 Å². The normalized spacial score (nSPS) is 16.0. The minimum atomic E-state index is 0.0993. The molecule has 3 heterocycles. The highest BCUT2D eigenvalue weighted by atomic mass is 32.1. The molecule has 7 heteroatoms. The van der Waals surface area contributed by atoms with Crippen LogP contribution in [0.25, 0.3) is 10.6 Å². The number of carbonyl (C=O) groups is 1. The first-order valence-corrected chi connectivity index (χ1v) is 8.28. The van der Waals surface area contributed by atoms with Gasteiger partial charge < -0.3 is 9.80 Å². The molecule has 1 aliphatic rings. The first kappa shape index (κ1) is 15.1. The summed E-state index contributed by atoms with van der Waals surface area (Å²) >= 11 is 1.72. The van der Waals surface area contributed by atoms with Crippen molar-refractivity contribution < 1.29 is 4.79 Å². The van der Waals surface area contributed by atoms with Gasteiger partial charge in [0.2, 0.25) is 0 Å². The SMILES string of the molecule is CN(C)C(=O)N1CCN(Cc2cn[nH]c2-c2cccs2)CC1. The van der Waals surface area contributed by atoms with Gasteiger partial charge in [-0.15, -0.1) is 11.3 Å². The number of piperazine rings is 1. The van der Waals surface area contributed by atoms with Gasteiger partial charge in [0, 0.05) is 52.4 Å². The lowest BCUT2D eigenvalue weighted by Crippen LogP contribution is -2.51. The Balaban J connectivity index is 1.60. The maximum atomic E-state index is 12.0. The van der Waals surface area contributed by atoms with Crippen molar-refractivity contribution in [2.24, 2.45) is 0 Å². The number of urea groups is 1. The minimum Gasteiger partial charge on any atom is -0.331 e. The van der Waals surface area contributed by atoms with E-state index in [4.69, 9.17) is 0 Å². The van der Waals surface area contributed by atoms with Gasteiger partial charge in [0.05, 0.1) is 16.8 Å². The van der Waals surface area contributed by atoms with E-state index in [9.17, 15) is 4.79 Å². The van der Waals surface area contributed by atoms with Crippen molar-refractivity contribution in [3.05, 3.63) is 29.3 Å². The van der Waals surface area contributed by atoms with Gasteiger partial charge in [-0.3, -0.25) is 10.00 Å². The highest BCUT2D eigenvalue weighted by molar-refractivity contribution is 7.13. The Bertz CT molecular complexity index is 614. The van der Waals surface area contributed by atoms with Crippen LogP contribution in [0.5, 0.6) is 0 Å². The lowest BCUT2D eigenvalue weighted by Gasteiger charge is -2.35. The Morgan fingerprint density at radius 3 is 2.77 bits per heavy atom. The molecule has 3 rings (SSSR count). The van der Waals surface area contributed by atoms with Gasteiger partial charge >= 0.3 is 6.03 Å². The molecule has 0 aromatic carbocycles. The van der Waals surface area contributed by atoms with Crippen molar-refractivity contribution in [3.63, 3.8) is 0 Å². The first-order valence-electron chi connectivity index (χ1n) is 7.40. The van der Waals surface area contributed by atoms with Crippen LogP contribution >= 0.6 is 11.3 Å². The number of rotatable bonds is 3. The molecule has 1 fully saturated rings. The quantitative estimate of drug-likeness (QED) is 0.940. The fraction of sp³-hybridized carbons (Fsp3) is 0.467. The highest BCUT2D eigenvalue weighted by Crippen LogP contribution is 2.26. The molecule has 0 saturated carbocycles. The Kier molecular flexibility index (Phi) is 4.44. The van der Waals surface area contributed by atoms with Crippen molar-refractivity contribution in [1.29, 1.82) is 0 Å². The molecule has 0 unspecified atom stereocenters. The van der Waals surface area contributed by atoms with Gasteiger partial charge in [0.25, 0.3) is 0 Å². The highest BCUT2D eigenvalue weighted by Gasteiger charge is 2.23. The van der Waals surface area contributed by atoms with Crippen LogP contribution in [0.15, 0.2) is 23.7 Å². The molecule has 118 valence electrons. The Morgan fingerprint density at radius 1 is 1.36 bits per heavy atom. The molecule has 2 aromatic rings. The van der Waals surface area contributed by atoms with Gasteiger partial charge in [0.1, 0.15) is 0 Å². The zero-order valence-corrected chi connectivity index (χ0v) is 13.8. The van der Waals surface area contributed by atoms with Crippen LogP contribution in [0.4, 0.5) is 4.79 Å². The van der Waals surface area contributed by atoms with Crippen LogP contribution in [0.1, 0.15) is 5.56 Å². The van der Waals surface area contributed by atoms with E-state index in [1.165, 1.54) is 10.4 Å². The summed E-state index contributed by atoms with van der Waals surface area (Å²) in [5, 5.41) is 9.37. The van der Waals surface area contributed by atoms with Crippen LogP contribution in [0.3, 0.4) is 0 Å². The summed E-state index contributed by atoms with van der Waals surface area (Å²) in [7, 11) is 3.60. The Hall–Kier alpha value is -1.86. The average molecular weight is 319 g/mol. The number of carbonyl (C=O) groups excluding carboxylic acids is 1. The Morgan fingerprint density at radius 2 is 2.14 bits per heavy atom. The predicted molar refractivity (Wildman–Crippen MR) is 87.8 cm³/mol. The average Bonchev–Trinajstić information content (AvgIpc) is 3.18. The maximum Gasteiger partial charge on any atom is 0.319 e. The third-order valence-electron chi connectivity index (χ3n) is 3.90. The summed E-state index contributed by atoms with van der Waals surface area (Å²) in [6, 6.07) is 4.26. The molecular formula is C15H21N5OS. The van der Waals surface area contributed by atoms with E-state index in [2.05, 4.69) is 32.6 Å². The monoisotopic (exact) mass is 319 g/mol. The van der Waals surface area contributed by atoms with E-state index in [1.54, 1.807) is 30.3 Å². The summed E-state index contributed by atoms with van der Waals surface area (Å²) in [6.07, 6.45) is 1.91. The van der Waals surface area contributed by atoms with Crippen molar-refractivity contribution in [2.75, 3.05) is 40.3 Å². The van der Waals surface area contributed by atoms with E-state index in [0.29, 0.717) is 0 Å². The number of thiophene rings is 1. The number of nitrogens with one attached hydrogen (secondary N) is 1. The van der Waals surface area contributed by atoms with Gasteiger partial charge in [0.15, 0.2) is 0 Å². The second-order valence-electron chi connectivity index (χ2n) is 5.69. The van der Waals surface area contributed by atoms with E-state index in [0.717, 1.165) is 38.4 Å². The maximum absolute atomic E-state index is 12.0. The predicted octanol–water partition coefficient (Wildman–Crippen LogP) is 1.94. The third kappa shape index (κ3) is 3.15. The fourth-order valence-electron chi connectivity index (χ4n) is 2.69. The van der Waals surface area contributed by atoms with Crippen LogP contribution in [0.2, 0.25) is 0 Å². The first-order chi connectivity index (χ1) is 10.6. The smallest absolute Gasteiger partial charge is 0.319 e. The van der Waals surface area contributed by atoms with Crippen LogP contribution in [-0.4, -0.2) is 71.2 Å². The molecule has 6 nitrogen and oxygen atoms in total. The molecular weight excluding hydrogens is 298 g/mol. The van der Waals surface area contributed by atoms with Gasteiger partial charge in [-0.25, -0.2) is 4.79 Å². The summed E-state index contributed by atoms with van der Waals surface area (Å²) in [6.45, 7) is 4.23. The molecule has 1 aliphatic heterocycles. The van der Waals surface area contributed by atoms with E-state index >= 15 is 0 Å². The zero-order chi connectivity index (χ0) is 15.5. The second-order valence-corrected chi connectivity index (χ2v) is 6.64. The molecule has 1 saturated heterocycles. The minimum absolute atomic E-state index is 0.0993. The molecule has 22 heavy (non-hydrogen) atoms. The molecule has 2 amide bonds. The molecule has 0 aliphatic carbocycles. The Labute approximate surface area is 134 Å². The summed E-state index contributed by atoms with van der Waals surface area (Å²) in [5.41, 5.74) is 2.33. The third-order valence-corrected chi connectivity index (χ3v) is 4.79. The van der Waals surface area contributed by atoms with E-state index < -0.39 is 0 Å². The van der Waals surface area contributed by atoms with Gasteiger partial charge in [-0.1, -0.05) is 6.07 Å². The molecule has 0 radical (unpaired) electrons. The second kappa shape index (κ2) is 6.50.